The van der Waals surface area contributed by atoms with Crippen molar-refractivity contribution >= 4 is 17.7 Å². The summed E-state index contributed by atoms with van der Waals surface area (Å²) in [5.74, 6) is -0.245. The molecule has 2 aromatic heterocycles. The third kappa shape index (κ3) is 4.56. The number of thioether (sulfide) groups is 1. The summed E-state index contributed by atoms with van der Waals surface area (Å²) in [6.07, 6.45) is 5.00. The van der Waals surface area contributed by atoms with Crippen LogP contribution in [0.15, 0.2) is 35.7 Å². The Hall–Kier alpha value is -1.86. The molecule has 1 atom stereocenters. The van der Waals surface area contributed by atoms with Crippen LogP contribution in [0, 0.1) is 0 Å². The Bertz CT molecular complexity index is 682. The maximum absolute atomic E-state index is 12.4. The summed E-state index contributed by atoms with van der Waals surface area (Å²) in [6, 6.07) is 3.48. The van der Waals surface area contributed by atoms with Crippen LogP contribution in [0.3, 0.4) is 0 Å². The van der Waals surface area contributed by atoms with Gasteiger partial charge in [0.25, 0.3) is 5.91 Å². The maximum Gasteiger partial charge on any atom is 0.254 e. The first-order chi connectivity index (χ1) is 10.8. The van der Waals surface area contributed by atoms with Gasteiger partial charge in [0.05, 0.1) is 18.3 Å². The van der Waals surface area contributed by atoms with Crippen LogP contribution < -0.4 is 5.32 Å². The predicted molar refractivity (Wildman–Crippen MR) is 90.3 cm³/mol. The Labute approximate surface area is 140 Å². The van der Waals surface area contributed by atoms with Crippen LogP contribution in [0.4, 0.5) is 0 Å². The normalized spacial score (nSPS) is 13.8. The number of carbonyl (C=O) groups excluding carboxylic acids is 1. The monoisotopic (exact) mass is 334 g/mol. The number of aryl methyl sites for hydroxylation is 1. The van der Waals surface area contributed by atoms with E-state index in [4.69, 9.17) is 0 Å². The van der Waals surface area contributed by atoms with Gasteiger partial charge in [-0.1, -0.05) is 13.8 Å². The van der Waals surface area contributed by atoms with Crippen molar-refractivity contribution in [3.05, 3.63) is 41.9 Å². The van der Waals surface area contributed by atoms with Crippen molar-refractivity contribution in [1.29, 1.82) is 0 Å². The van der Waals surface area contributed by atoms with Crippen molar-refractivity contribution < 1.29 is 9.90 Å². The first-order valence-electron chi connectivity index (χ1n) is 7.41. The Balaban J connectivity index is 2.08. The lowest BCUT2D eigenvalue weighted by Crippen LogP contribution is -2.38. The largest absolute Gasteiger partial charge is 0.383 e. The third-order valence-corrected chi connectivity index (χ3v) is 4.30. The molecule has 6 nitrogen and oxygen atoms in total. The van der Waals surface area contributed by atoms with E-state index in [9.17, 15) is 9.90 Å². The van der Waals surface area contributed by atoms with Gasteiger partial charge in [-0.2, -0.15) is 5.10 Å². The van der Waals surface area contributed by atoms with Crippen LogP contribution in [-0.4, -0.2) is 37.6 Å². The number of nitrogens with zero attached hydrogens (tertiary/aromatic N) is 3. The molecule has 0 spiro atoms. The molecule has 0 fully saturated rings. The molecule has 2 aromatic rings. The number of amides is 1. The first-order valence-corrected chi connectivity index (χ1v) is 8.29. The zero-order valence-electron chi connectivity index (χ0n) is 13.8. The summed E-state index contributed by atoms with van der Waals surface area (Å²) in [5.41, 5.74) is -0.00578. The molecular formula is C16H22N4O2S. The molecule has 2 N–H and O–H groups in total. The highest BCUT2D eigenvalue weighted by atomic mass is 32.2. The van der Waals surface area contributed by atoms with Gasteiger partial charge >= 0.3 is 0 Å². The molecule has 7 heteroatoms. The summed E-state index contributed by atoms with van der Waals surface area (Å²) in [4.78, 5) is 16.7. The summed E-state index contributed by atoms with van der Waals surface area (Å²) >= 11 is 1.54. The molecule has 2 rings (SSSR count). The average molecular weight is 334 g/mol. The van der Waals surface area contributed by atoms with Crippen LogP contribution in [0.5, 0.6) is 0 Å². The fourth-order valence-electron chi connectivity index (χ4n) is 2.03. The molecular weight excluding hydrogens is 312 g/mol. The number of nitrogens with one attached hydrogen (secondary N) is 1. The summed E-state index contributed by atoms with van der Waals surface area (Å²) in [6.45, 7) is 5.85. The number of hydrogen-bond donors (Lipinski definition) is 2. The van der Waals surface area contributed by atoms with Gasteiger partial charge in [-0.25, -0.2) is 4.98 Å². The Morgan fingerprint density at radius 2 is 2.26 bits per heavy atom. The average Bonchev–Trinajstić information content (AvgIpc) is 2.92. The molecule has 1 unspecified atom stereocenters. The molecule has 0 bridgehead atoms. The summed E-state index contributed by atoms with van der Waals surface area (Å²) in [7, 11) is 1.78. The Morgan fingerprint density at radius 1 is 1.52 bits per heavy atom. The SMILES string of the molecule is CC(C)Sc1ncccc1C(=O)NCC(C)(O)c1cnn(C)c1. The van der Waals surface area contributed by atoms with E-state index in [1.165, 1.54) is 11.8 Å². The van der Waals surface area contributed by atoms with E-state index in [2.05, 4.69) is 15.4 Å². The molecule has 0 aliphatic rings. The second-order valence-electron chi connectivity index (χ2n) is 5.88. The van der Waals surface area contributed by atoms with Gasteiger partial charge < -0.3 is 10.4 Å². The minimum Gasteiger partial charge on any atom is -0.383 e. The molecule has 2 heterocycles. The topological polar surface area (TPSA) is 80.0 Å². The quantitative estimate of drug-likeness (QED) is 0.789. The molecule has 0 aromatic carbocycles. The standard InChI is InChI=1S/C16H22N4O2S/c1-11(2)23-15-13(6-5-7-17-15)14(21)18-10-16(3,22)12-8-19-20(4)9-12/h5-9,11,22H,10H2,1-4H3,(H,18,21). The van der Waals surface area contributed by atoms with Crippen LogP contribution in [0.25, 0.3) is 0 Å². The molecule has 0 radical (unpaired) electrons. The van der Waals surface area contributed by atoms with Gasteiger partial charge in [0, 0.05) is 30.3 Å². The van der Waals surface area contributed by atoms with Crippen molar-refractivity contribution in [2.24, 2.45) is 7.05 Å². The van der Waals surface area contributed by atoms with Crippen molar-refractivity contribution in [1.82, 2.24) is 20.1 Å². The maximum atomic E-state index is 12.4. The molecule has 1 amide bonds. The molecule has 0 aliphatic heterocycles. The third-order valence-electron chi connectivity index (χ3n) is 3.28. The summed E-state index contributed by atoms with van der Waals surface area (Å²) < 4.78 is 1.62. The highest BCUT2D eigenvalue weighted by molar-refractivity contribution is 7.99. The van der Waals surface area contributed by atoms with E-state index < -0.39 is 5.60 Å². The number of pyridine rings is 1. The zero-order chi connectivity index (χ0) is 17.0. The zero-order valence-corrected chi connectivity index (χ0v) is 14.6. The highest BCUT2D eigenvalue weighted by Gasteiger charge is 2.26. The van der Waals surface area contributed by atoms with Crippen molar-refractivity contribution in [2.45, 2.75) is 36.6 Å². The first kappa shape index (κ1) is 17.5. The molecule has 0 saturated heterocycles. The van der Waals surface area contributed by atoms with Crippen LogP contribution in [0.1, 0.15) is 36.7 Å². The van der Waals surface area contributed by atoms with Gasteiger partial charge in [-0.3, -0.25) is 9.48 Å². The van der Waals surface area contributed by atoms with Crippen LogP contribution in [-0.2, 0) is 12.6 Å². The highest BCUT2D eigenvalue weighted by Crippen LogP contribution is 2.24. The number of aliphatic hydroxyl groups is 1. The Morgan fingerprint density at radius 3 is 2.87 bits per heavy atom. The van der Waals surface area contributed by atoms with Crippen LogP contribution >= 0.6 is 11.8 Å². The van der Waals surface area contributed by atoms with Gasteiger partial charge in [0.2, 0.25) is 0 Å². The van der Waals surface area contributed by atoms with E-state index >= 15 is 0 Å². The molecule has 124 valence electrons. The van der Waals surface area contributed by atoms with Crippen molar-refractivity contribution in [3.63, 3.8) is 0 Å². The summed E-state index contributed by atoms with van der Waals surface area (Å²) in [5, 5.41) is 18.4. The van der Waals surface area contributed by atoms with E-state index in [1.807, 2.05) is 13.8 Å². The van der Waals surface area contributed by atoms with Crippen molar-refractivity contribution in [2.75, 3.05) is 6.54 Å². The van der Waals surface area contributed by atoms with Gasteiger partial charge in [0.15, 0.2) is 0 Å². The number of aromatic nitrogens is 3. The second-order valence-corrected chi connectivity index (χ2v) is 7.45. The van der Waals surface area contributed by atoms with Gasteiger partial charge in [-0.15, -0.1) is 11.8 Å². The minimum absolute atomic E-state index is 0.0954. The molecule has 23 heavy (non-hydrogen) atoms. The van der Waals surface area contributed by atoms with Crippen molar-refractivity contribution in [3.8, 4) is 0 Å². The number of hydrogen-bond acceptors (Lipinski definition) is 5. The minimum atomic E-state index is -1.18. The Kier molecular flexibility index (Phi) is 5.43. The fraction of sp³-hybridized carbons (Fsp3) is 0.438. The smallest absolute Gasteiger partial charge is 0.254 e. The lowest BCUT2D eigenvalue weighted by atomic mass is 9.99. The second kappa shape index (κ2) is 7.14. The predicted octanol–water partition coefficient (Wildman–Crippen LogP) is 1.95. The number of rotatable bonds is 6. The lowest BCUT2D eigenvalue weighted by molar-refractivity contribution is 0.0525. The van der Waals surface area contributed by atoms with Gasteiger partial charge in [-0.05, 0) is 19.1 Å². The lowest BCUT2D eigenvalue weighted by Gasteiger charge is -2.22. The van der Waals surface area contributed by atoms with E-state index in [0.717, 1.165) is 0 Å². The fourth-order valence-corrected chi connectivity index (χ4v) is 2.89. The van der Waals surface area contributed by atoms with E-state index in [1.54, 1.807) is 49.4 Å². The van der Waals surface area contributed by atoms with E-state index in [-0.39, 0.29) is 12.5 Å². The van der Waals surface area contributed by atoms with Crippen LogP contribution in [0.2, 0.25) is 0 Å². The molecule has 0 saturated carbocycles. The molecule has 0 aliphatic carbocycles. The van der Waals surface area contributed by atoms with Gasteiger partial charge in [0.1, 0.15) is 10.6 Å². The number of carbonyl (C=O) groups is 1. The van der Waals surface area contributed by atoms with E-state index in [0.29, 0.717) is 21.4 Å².